The van der Waals surface area contributed by atoms with Gasteiger partial charge in [-0.2, -0.15) is 0 Å². The van der Waals surface area contributed by atoms with Crippen LogP contribution in [-0.2, 0) is 13.0 Å². The maximum atomic E-state index is 13.0. The summed E-state index contributed by atoms with van der Waals surface area (Å²) in [5.74, 6) is 0.652. The molecule has 0 radical (unpaired) electrons. The number of anilines is 1. The Bertz CT molecular complexity index is 1070. The van der Waals surface area contributed by atoms with Crippen LogP contribution in [0, 0.1) is 6.92 Å². The van der Waals surface area contributed by atoms with E-state index in [4.69, 9.17) is 4.74 Å². The minimum atomic E-state index is -0.217. The van der Waals surface area contributed by atoms with Gasteiger partial charge in [-0.25, -0.2) is 4.79 Å². The van der Waals surface area contributed by atoms with Gasteiger partial charge in [-0.05, 0) is 61.7 Å². The Morgan fingerprint density at radius 1 is 1.25 bits per heavy atom. The average Bonchev–Trinajstić information content (AvgIpc) is 3.45. The molecule has 1 aliphatic rings. The Morgan fingerprint density at radius 2 is 2.03 bits per heavy atom. The van der Waals surface area contributed by atoms with Gasteiger partial charge in [-0.15, -0.1) is 11.3 Å². The minimum absolute atomic E-state index is 0.0728. The normalized spacial score (nSPS) is 14.6. The van der Waals surface area contributed by atoms with Crippen LogP contribution in [-0.4, -0.2) is 35.7 Å². The molecule has 3 aromatic rings. The number of benzene rings is 1. The zero-order chi connectivity index (χ0) is 22.7. The highest BCUT2D eigenvalue weighted by atomic mass is 32.1. The molecule has 7 heteroatoms. The molecule has 170 valence electrons. The second-order valence-electron chi connectivity index (χ2n) is 8.19. The van der Waals surface area contributed by atoms with Crippen LogP contribution in [0.25, 0.3) is 5.00 Å². The first-order valence-electron chi connectivity index (χ1n) is 11.3. The summed E-state index contributed by atoms with van der Waals surface area (Å²) in [6.07, 6.45) is 6.00. The predicted molar refractivity (Wildman–Crippen MR) is 131 cm³/mol. The SMILES string of the molecule is CC[C@@H](NC(=O)Nc1cc(C)ccc1OC)c1c(-n2cccc2)sc2c1CCN(CC)C2. The van der Waals surface area contributed by atoms with E-state index in [1.54, 1.807) is 7.11 Å². The third-order valence-corrected chi connectivity index (χ3v) is 7.35. The number of methoxy groups -OCH3 is 1. The van der Waals surface area contributed by atoms with Crippen molar-refractivity contribution in [1.29, 1.82) is 0 Å². The Balaban J connectivity index is 1.63. The maximum Gasteiger partial charge on any atom is 0.319 e. The first-order valence-corrected chi connectivity index (χ1v) is 12.1. The highest BCUT2D eigenvalue weighted by molar-refractivity contribution is 7.15. The van der Waals surface area contributed by atoms with Gasteiger partial charge in [0.15, 0.2) is 0 Å². The number of aromatic nitrogens is 1. The number of fused-ring (bicyclic) bond motifs is 1. The Hall–Kier alpha value is -2.77. The van der Waals surface area contributed by atoms with Gasteiger partial charge >= 0.3 is 6.03 Å². The third kappa shape index (κ3) is 4.54. The van der Waals surface area contributed by atoms with Gasteiger partial charge < -0.3 is 19.9 Å². The number of nitrogens with one attached hydrogen (secondary N) is 2. The number of ether oxygens (including phenoxy) is 1. The number of thiophene rings is 1. The van der Waals surface area contributed by atoms with E-state index in [-0.39, 0.29) is 12.1 Å². The summed E-state index contributed by atoms with van der Waals surface area (Å²) in [7, 11) is 1.61. The summed E-state index contributed by atoms with van der Waals surface area (Å²) < 4.78 is 7.60. The van der Waals surface area contributed by atoms with E-state index in [1.807, 2.05) is 48.6 Å². The lowest BCUT2D eigenvalue weighted by Gasteiger charge is -2.27. The van der Waals surface area contributed by atoms with Crippen molar-refractivity contribution in [2.75, 3.05) is 25.5 Å². The van der Waals surface area contributed by atoms with Crippen molar-refractivity contribution >= 4 is 23.1 Å². The summed E-state index contributed by atoms with van der Waals surface area (Å²) >= 11 is 1.85. The maximum absolute atomic E-state index is 13.0. The van der Waals surface area contributed by atoms with E-state index in [2.05, 4.69) is 46.3 Å². The molecule has 0 fully saturated rings. The van der Waals surface area contributed by atoms with Crippen LogP contribution in [0.5, 0.6) is 5.75 Å². The van der Waals surface area contributed by atoms with Gasteiger partial charge in [0, 0.05) is 35.9 Å². The number of carbonyl (C=O) groups is 1. The topological polar surface area (TPSA) is 58.5 Å². The average molecular weight is 453 g/mol. The highest BCUT2D eigenvalue weighted by Gasteiger charge is 2.29. The number of amides is 2. The van der Waals surface area contributed by atoms with Crippen molar-refractivity contribution < 1.29 is 9.53 Å². The Kier molecular flexibility index (Phi) is 6.86. The molecule has 1 atom stereocenters. The van der Waals surface area contributed by atoms with Crippen molar-refractivity contribution in [1.82, 2.24) is 14.8 Å². The molecule has 0 spiro atoms. The lowest BCUT2D eigenvalue weighted by molar-refractivity contribution is 0.247. The highest BCUT2D eigenvalue weighted by Crippen LogP contribution is 2.40. The van der Waals surface area contributed by atoms with Gasteiger partial charge in [0.2, 0.25) is 0 Å². The molecule has 2 amide bonds. The van der Waals surface area contributed by atoms with Gasteiger partial charge in [0.1, 0.15) is 10.8 Å². The zero-order valence-electron chi connectivity index (χ0n) is 19.3. The van der Waals surface area contributed by atoms with Crippen LogP contribution >= 0.6 is 11.3 Å². The van der Waals surface area contributed by atoms with Crippen LogP contribution in [0.4, 0.5) is 10.5 Å². The molecule has 6 nitrogen and oxygen atoms in total. The number of likely N-dealkylation sites (N-methyl/N-ethyl adjacent to an activating group) is 1. The zero-order valence-corrected chi connectivity index (χ0v) is 20.1. The van der Waals surface area contributed by atoms with E-state index in [1.165, 1.54) is 21.0 Å². The quantitative estimate of drug-likeness (QED) is 0.497. The first kappa shape index (κ1) is 22.4. The molecule has 1 aliphatic heterocycles. The monoisotopic (exact) mass is 452 g/mol. The fourth-order valence-corrected chi connectivity index (χ4v) is 5.79. The molecular formula is C25H32N4O2S. The van der Waals surface area contributed by atoms with E-state index >= 15 is 0 Å². The molecule has 0 saturated carbocycles. The van der Waals surface area contributed by atoms with Crippen molar-refractivity contribution in [3.63, 3.8) is 0 Å². The van der Waals surface area contributed by atoms with E-state index < -0.39 is 0 Å². The number of nitrogens with zero attached hydrogens (tertiary/aromatic N) is 2. The fourth-order valence-electron chi connectivity index (χ4n) is 4.37. The number of carbonyl (C=O) groups excluding carboxylic acids is 1. The van der Waals surface area contributed by atoms with Gasteiger partial charge in [0.05, 0.1) is 18.8 Å². The summed E-state index contributed by atoms with van der Waals surface area (Å²) in [5, 5.41) is 7.44. The summed E-state index contributed by atoms with van der Waals surface area (Å²) in [4.78, 5) is 16.9. The lowest BCUT2D eigenvalue weighted by atomic mass is 9.96. The molecule has 3 heterocycles. The smallest absolute Gasteiger partial charge is 0.319 e. The van der Waals surface area contributed by atoms with Crippen molar-refractivity contribution in [3.05, 3.63) is 64.3 Å². The van der Waals surface area contributed by atoms with E-state index in [0.29, 0.717) is 11.4 Å². The van der Waals surface area contributed by atoms with Gasteiger partial charge in [-0.1, -0.05) is 19.9 Å². The van der Waals surface area contributed by atoms with Crippen LogP contribution in [0.15, 0.2) is 42.7 Å². The molecule has 2 aromatic heterocycles. The number of urea groups is 1. The number of aryl methyl sites for hydroxylation is 1. The van der Waals surface area contributed by atoms with Gasteiger partial charge in [0.25, 0.3) is 0 Å². The van der Waals surface area contributed by atoms with Crippen LogP contribution in [0.3, 0.4) is 0 Å². The molecule has 0 saturated heterocycles. The molecule has 4 rings (SSSR count). The molecule has 0 aliphatic carbocycles. The molecule has 1 aromatic carbocycles. The minimum Gasteiger partial charge on any atom is -0.495 e. The summed E-state index contributed by atoms with van der Waals surface area (Å²) in [5.41, 5.74) is 4.40. The molecule has 32 heavy (non-hydrogen) atoms. The van der Waals surface area contributed by atoms with E-state index in [0.717, 1.165) is 38.0 Å². The Morgan fingerprint density at radius 3 is 2.72 bits per heavy atom. The largest absolute Gasteiger partial charge is 0.495 e. The number of hydrogen-bond donors (Lipinski definition) is 2. The molecule has 0 unspecified atom stereocenters. The predicted octanol–water partition coefficient (Wildman–Crippen LogP) is 5.51. The fraction of sp³-hybridized carbons (Fsp3) is 0.400. The molecular weight excluding hydrogens is 420 g/mol. The van der Waals surface area contributed by atoms with Crippen molar-refractivity contribution in [3.8, 4) is 10.8 Å². The third-order valence-electron chi connectivity index (χ3n) is 6.11. The second kappa shape index (κ2) is 9.79. The standard InChI is InChI=1S/C25H32N4O2S/c1-5-19(26-25(30)27-20-15-17(3)9-10-21(20)31-4)23-18-11-14-28(6-2)16-22(18)32-24(23)29-12-7-8-13-29/h7-10,12-13,15,19H,5-6,11,14,16H2,1-4H3,(H2,26,27,30)/t19-/m1/s1. The number of rotatable bonds is 7. The van der Waals surface area contributed by atoms with Crippen LogP contribution in [0.1, 0.15) is 47.9 Å². The second-order valence-corrected chi connectivity index (χ2v) is 9.28. The summed E-state index contributed by atoms with van der Waals surface area (Å²) in [6, 6.07) is 9.58. The van der Waals surface area contributed by atoms with E-state index in [9.17, 15) is 4.79 Å². The van der Waals surface area contributed by atoms with Crippen molar-refractivity contribution in [2.45, 2.75) is 46.2 Å². The van der Waals surface area contributed by atoms with Crippen LogP contribution < -0.4 is 15.4 Å². The number of hydrogen-bond acceptors (Lipinski definition) is 4. The first-order chi connectivity index (χ1) is 15.5. The summed E-state index contributed by atoms with van der Waals surface area (Å²) in [6.45, 7) is 9.44. The van der Waals surface area contributed by atoms with Gasteiger partial charge in [-0.3, -0.25) is 4.90 Å². The molecule has 2 N–H and O–H groups in total. The van der Waals surface area contributed by atoms with Crippen molar-refractivity contribution in [2.24, 2.45) is 0 Å². The molecule has 0 bridgehead atoms. The van der Waals surface area contributed by atoms with Crippen LogP contribution in [0.2, 0.25) is 0 Å². The lowest BCUT2D eigenvalue weighted by Crippen LogP contribution is -2.34. The Labute approximate surface area is 194 Å².